The Morgan fingerprint density at radius 2 is 2.00 bits per heavy atom. The number of methoxy groups -OCH3 is 2. The zero-order valence-electron chi connectivity index (χ0n) is 18.0. The third-order valence-corrected chi connectivity index (χ3v) is 5.09. The van der Waals surface area contributed by atoms with Gasteiger partial charge in [-0.3, -0.25) is 9.59 Å². The lowest BCUT2D eigenvalue weighted by molar-refractivity contribution is -0.116. The van der Waals surface area contributed by atoms with Gasteiger partial charge in [-0.1, -0.05) is 12.5 Å². The SMILES string of the molecule is C=CC(=O)C(Nc1ncc(C(N)=O)c(C#Cc2cc(OC)cc(OC)c2)n1)C1CCNC1. The number of ether oxygens (including phenoxy) is 2. The Bertz CT molecular complexity index is 1060. The number of carbonyl (C=O) groups is 2. The molecule has 1 aliphatic heterocycles. The van der Waals surface area contributed by atoms with E-state index < -0.39 is 11.9 Å². The molecule has 32 heavy (non-hydrogen) atoms. The van der Waals surface area contributed by atoms with Crippen molar-refractivity contribution < 1.29 is 19.1 Å². The fourth-order valence-corrected chi connectivity index (χ4v) is 3.39. The molecule has 0 saturated carbocycles. The van der Waals surface area contributed by atoms with E-state index in [1.165, 1.54) is 12.3 Å². The fraction of sp³-hybridized carbons (Fsp3) is 0.304. The van der Waals surface area contributed by atoms with E-state index in [0.29, 0.717) is 23.6 Å². The molecule has 4 N–H and O–H groups in total. The van der Waals surface area contributed by atoms with Crippen LogP contribution in [0.25, 0.3) is 0 Å². The summed E-state index contributed by atoms with van der Waals surface area (Å²) in [5, 5.41) is 6.31. The second-order valence-corrected chi connectivity index (χ2v) is 7.15. The van der Waals surface area contributed by atoms with Crippen LogP contribution in [0.3, 0.4) is 0 Å². The lowest BCUT2D eigenvalue weighted by Gasteiger charge is -2.21. The van der Waals surface area contributed by atoms with Crippen LogP contribution in [0.5, 0.6) is 11.5 Å². The lowest BCUT2D eigenvalue weighted by Crippen LogP contribution is -2.38. The van der Waals surface area contributed by atoms with Crippen molar-refractivity contribution >= 4 is 17.6 Å². The minimum absolute atomic E-state index is 0.0682. The molecule has 2 unspecified atom stereocenters. The highest BCUT2D eigenvalue weighted by Gasteiger charge is 2.30. The molecule has 166 valence electrons. The van der Waals surface area contributed by atoms with E-state index in [9.17, 15) is 9.59 Å². The van der Waals surface area contributed by atoms with Gasteiger partial charge in [-0.15, -0.1) is 0 Å². The predicted octanol–water partition coefficient (Wildman–Crippen LogP) is 1.14. The monoisotopic (exact) mass is 435 g/mol. The first-order valence-corrected chi connectivity index (χ1v) is 10.0. The zero-order valence-corrected chi connectivity index (χ0v) is 18.0. The van der Waals surface area contributed by atoms with Gasteiger partial charge in [0, 0.05) is 30.3 Å². The van der Waals surface area contributed by atoms with Crippen LogP contribution < -0.4 is 25.8 Å². The summed E-state index contributed by atoms with van der Waals surface area (Å²) >= 11 is 0. The summed E-state index contributed by atoms with van der Waals surface area (Å²) in [6.07, 6.45) is 3.42. The molecule has 0 radical (unpaired) electrons. The van der Waals surface area contributed by atoms with Crippen molar-refractivity contribution in [2.45, 2.75) is 12.5 Å². The highest BCUT2D eigenvalue weighted by Crippen LogP contribution is 2.22. The van der Waals surface area contributed by atoms with Crippen molar-refractivity contribution in [1.29, 1.82) is 0 Å². The highest BCUT2D eigenvalue weighted by atomic mass is 16.5. The molecule has 0 bridgehead atoms. The highest BCUT2D eigenvalue weighted by molar-refractivity contribution is 5.96. The maximum Gasteiger partial charge on any atom is 0.253 e. The summed E-state index contributed by atoms with van der Waals surface area (Å²) in [6, 6.07) is 4.64. The second-order valence-electron chi connectivity index (χ2n) is 7.15. The van der Waals surface area contributed by atoms with Gasteiger partial charge in [-0.2, -0.15) is 0 Å². The number of nitrogens with two attached hydrogens (primary N) is 1. The van der Waals surface area contributed by atoms with Crippen molar-refractivity contribution in [2.75, 3.05) is 32.6 Å². The summed E-state index contributed by atoms with van der Waals surface area (Å²) in [6.45, 7) is 5.11. The van der Waals surface area contributed by atoms with E-state index in [-0.39, 0.29) is 28.9 Å². The average Bonchev–Trinajstić information content (AvgIpc) is 3.34. The summed E-state index contributed by atoms with van der Waals surface area (Å²) in [4.78, 5) is 32.8. The molecule has 9 heteroatoms. The number of carbonyl (C=O) groups excluding carboxylic acids is 2. The molecular formula is C23H25N5O4. The maximum absolute atomic E-state index is 12.4. The standard InChI is InChI=1S/C23H25N5O4/c1-4-20(29)21(15-7-8-25-12-15)28-23-26-13-18(22(24)30)19(27-23)6-5-14-9-16(31-2)11-17(10-14)32-3/h4,9-11,13,15,21,25H,1,7-8,12H2,2-3H3,(H2,24,30)(H,26,27,28). The Morgan fingerprint density at radius 3 is 2.56 bits per heavy atom. The quantitative estimate of drug-likeness (QED) is 0.416. The van der Waals surface area contributed by atoms with Crippen LogP contribution in [0, 0.1) is 17.8 Å². The molecule has 2 heterocycles. The number of benzene rings is 1. The van der Waals surface area contributed by atoms with E-state index in [1.807, 2.05) is 0 Å². The number of rotatable bonds is 8. The van der Waals surface area contributed by atoms with Gasteiger partial charge in [0.2, 0.25) is 5.95 Å². The number of hydrogen-bond acceptors (Lipinski definition) is 8. The Balaban J connectivity index is 1.95. The van der Waals surface area contributed by atoms with Gasteiger partial charge in [0.1, 0.15) is 17.2 Å². The van der Waals surface area contributed by atoms with Crippen LogP contribution in [-0.2, 0) is 4.79 Å². The second kappa shape index (κ2) is 10.4. The predicted molar refractivity (Wildman–Crippen MR) is 120 cm³/mol. The Hall–Kier alpha value is -3.90. The molecule has 9 nitrogen and oxygen atoms in total. The number of nitrogens with one attached hydrogen (secondary N) is 2. The van der Waals surface area contributed by atoms with Crippen molar-refractivity contribution in [3.63, 3.8) is 0 Å². The molecule has 2 aromatic rings. The van der Waals surface area contributed by atoms with Crippen LogP contribution in [0.1, 0.15) is 28.0 Å². The third kappa shape index (κ3) is 5.42. The van der Waals surface area contributed by atoms with Gasteiger partial charge in [-0.25, -0.2) is 9.97 Å². The van der Waals surface area contributed by atoms with Gasteiger partial charge in [0.15, 0.2) is 5.78 Å². The topological polar surface area (TPSA) is 128 Å². The van der Waals surface area contributed by atoms with Crippen LogP contribution >= 0.6 is 0 Å². The minimum Gasteiger partial charge on any atom is -0.497 e. The van der Waals surface area contributed by atoms with Crippen molar-refractivity contribution in [1.82, 2.24) is 15.3 Å². The van der Waals surface area contributed by atoms with Crippen molar-refractivity contribution in [3.8, 4) is 23.3 Å². The van der Waals surface area contributed by atoms with Gasteiger partial charge in [0.05, 0.1) is 25.8 Å². The van der Waals surface area contributed by atoms with E-state index in [2.05, 4.69) is 39.0 Å². The van der Waals surface area contributed by atoms with E-state index >= 15 is 0 Å². The van der Waals surface area contributed by atoms with Gasteiger partial charge >= 0.3 is 0 Å². The Labute approximate surface area is 186 Å². The minimum atomic E-state index is -0.706. The average molecular weight is 435 g/mol. The number of anilines is 1. The number of amides is 1. The molecule has 2 atom stereocenters. The molecule has 1 saturated heterocycles. The number of ketones is 1. The van der Waals surface area contributed by atoms with Gasteiger partial charge < -0.3 is 25.8 Å². The molecule has 1 amide bonds. The van der Waals surface area contributed by atoms with Gasteiger partial charge in [0.25, 0.3) is 5.91 Å². The molecule has 3 rings (SSSR count). The largest absolute Gasteiger partial charge is 0.497 e. The maximum atomic E-state index is 12.4. The summed E-state index contributed by atoms with van der Waals surface area (Å²) in [7, 11) is 3.08. The Morgan fingerprint density at radius 1 is 1.28 bits per heavy atom. The first kappa shape index (κ1) is 22.8. The molecule has 1 fully saturated rings. The molecule has 1 aromatic carbocycles. The summed E-state index contributed by atoms with van der Waals surface area (Å²) < 4.78 is 10.5. The Kier molecular flexibility index (Phi) is 7.41. The summed E-state index contributed by atoms with van der Waals surface area (Å²) in [5.41, 5.74) is 6.29. The number of hydrogen-bond donors (Lipinski definition) is 3. The smallest absolute Gasteiger partial charge is 0.253 e. The zero-order chi connectivity index (χ0) is 23.1. The molecule has 0 spiro atoms. The van der Waals surface area contributed by atoms with Crippen LogP contribution in [0.2, 0.25) is 0 Å². The van der Waals surface area contributed by atoms with Crippen molar-refractivity contribution in [3.05, 3.63) is 53.9 Å². The molecule has 0 aliphatic carbocycles. The number of nitrogens with zero attached hydrogens (tertiary/aromatic N) is 2. The van der Waals surface area contributed by atoms with Gasteiger partial charge in [-0.05, 0) is 37.1 Å². The fourth-order valence-electron chi connectivity index (χ4n) is 3.39. The molecular weight excluding hydrogens is 410 g/mol. The van der Waals surface area contributed by atoms with E-state index in [1.54, 1.807) is 32.4 Å². The lowest BCUT2D eigenvalue weighted by atomic mass is 9.95. The summed E-state index contributed by atoms with van der Waals surface area (Å²) in [5.74, 6) is 6.35. The van der Waals surface area contributed by atoms with Crippen LogP contribution in [-0.4, -0.2) is 55.0 Å². The first-order chi connectivity index (χ1) is 15.4. The molecule has 1 aliphatic rings. The number of aromatic nitrogens is 2. The number of primary amides is 1. The van der Waals surface area contributed by atoms with E-state index in [4.69, 9.17) is 15.2 Å². The van der Waals surface area contributed by atoms with E-state index in [0.717, 1.165) is 13.0 Å². The third-order valence-electron chi connectivity index (χ3n) is 5.09. The van der Waals surface area contributed by atoms with Crippen LogP contribution in [0.4, 0.5) is 5.95 Å². The first-order valence-electron chi connectivity index (χ1n) is 10.0. The molecule has 1 aromatic heterocycles. The van der Waals surface area contributed by atoms with Crippen molar-refractivity contribution in [2.24, 2.45) is 11.7 Å². The normalized spacial score (nSPS) is 15.8. The van der Waals surface area contributed by atoms with Crippen LogP contribution in [0.15, 0.2) is 37.1 Å².